The summed E-state index contributed by atoms with van der Waals surface area (Å²) in [5.74, 6) is 0.0667. The van der Waals surface area contributed by atoms with E-state index in [4.69, 9.17) is 0 Å². The minimum absolute atomic E-state index is 0.0671. The number of amides is 1. The number of halogens is 3. The van der Waals surface area contributed by atoms with E-state index in [1.165, 1.54) is 0 Å². The fraction of sp³-hybridized carbons (Fsp3) is 0.611. The Bertz CT molecular complexity index is 604. The fourth-order valence-corrected chi connectivity index (χ4v) is 4.07. The molecule has 0 aliphatic carbocycles. The molecule has 24 heavy (non-hydrogen) atoms. The molecule has 2 aliphatic rings. The van der Waals surface area contributed by atoms with E-state index in [0.717, 1.165) is 37.1 Å². The van der Waals surface area contributed by atoms with Crippen LogP contribution in [0.3, 0.4) is 0 Å². The van der Waals surface area contributed by atoms with Crippen molar-refractivity contribution in [2.45, 2.75) is 44.8 Å². The van der Waals surface area contributed by atoms with Crippen LogP contribution < -0.4 is 5.32 Å². The third-order valence-electron chi connectivity index (χ3n) is 5.41. The van der Waals surface area contributed by atoms with Crippen molar-refractivity contribution in [1.29, 1.82) is 0 Å². The summed E-state index contributed by atoms with van der Waals surface area (Å²) in [6.07, 6.45) is -2.64. The molecule has 3 nitrogen and oxygen atoms in total. The Balaban J connectivity index is 1.96. The van der Waals surface area contributed by atoms with Crippen molar-refractivity contribution in [2.24, 2.45) is 5.41 Å². The fourth-order valence-electron chi connectivity index (χ4n) is 4.07. The van der Waals surface area contributed by atoms with Gasteiger partial charge in [-0.25, -0.2) is 0 Å². The standard InChI is InChI=1S/C18H23F3N2O/c1-12(2)23-10-15(17(16(23)24)8-3-9-22-11-17)13-4-6-14(7-5-13)18(19,20)21/h4-7,12,15,22H,3,8-11H2,1-2H3. The van der Waals surface area contributed by atoms with Gasteiger partial charge in [0, 0.05) is 25.0 Å². The molecule has 1 N–H and O–H groups in total. The van der Waals surface area contributed by atoms with Gasteiger partial charge in [0.05, 0.1) is 11.0 Å². The normalized spacial score (nSPS) is 28.2. The predicted octanol–water partition coefficient (Wildman–Crippen LogP) is 3.41. The molecule has 0 radical (unpaired) electrons. The second-order valence-corrected chi connectivity index (χ2v) is 7.16. The van der Waals surface area contributed by atoms with Crippen molar-refractivity contribution in [3.05, 3.63) is 35.4 Å². The van der Waals surface area contributed by atoms with Gasteiger partial charge in [0.25, 0.3) is 0 Å². The molecule has 1 aromatic carbocycles. The van der Waals surface area contributed by atoms with Gasteiger partial charge in [0.2, 0.25) is 5.91 Å². The van der Waals surface area contributed by atoms with Crippen molar-refractivity contribution < 1.29 is 18.0 Å². The van der Waals surface area contributed by atoms with Crippen molar-refractivity contribution in [3.8, 4) is 0 Å². The second kappa shape index (κ2) is 6.06. The Hall–Kier alpha value is -1.56. The molecule has 3 rings (SSSR count). The van der Waals surface area contributed by atoms with E-state index >= 15 is 0 Å². The van der Waals surface area contributed by atoms with Crippen LogP contribution in [0.4, 0.5) is 13.2 Å². The van der Waals surface area contributed by atoms with Crippen LogP contribution in [0.1, 0.15) is 43.7 Å². The Labute approximate surface area is 140 Å². The van der Waals surface area contributed by atoms with Crippen molar-refractivity contribution in [3.63, 3.8) is 0 Å². The van der Waals surface area contributed by atoms with E-state index in [0.29, 0.717) is 13.1 Å². The Kier molecular flexibility index (Phi) is 4.36. The summed E-state index contributed by atoms with van der Waals surface area (Å²) in [4.78, 5) is 14.9. The summed E-state index contributed by atoms with van der Waals surface area (Å²) in [5.41, 5.74) is -0.349. The minimum Gasteiger partial charge on any atom is -0.339 e. The maximum absolute atomic E-state index is 13.0. The average molecular weight is 340 g/mol. The quantitative estimate of drug-likeness (QED) is 0.895. The van der Waals surface area contributed by atoms with Gasteiger partial charge in [-0.1, -0.05) is 12.1 Å². The van der Waals surface area contributed by atoms with Crippen LogP contribution >= 0.6 is 0 Å². The maximum Gasteiger partial charge on any atom is 0.416 e. The highest BCUT2D eigenvalue weighted by Crippen LogP contribution is 2.48. The molecule has 2 saturated heterocycles. The third kappa shape index (κ3) is 2.81. The molecule has 2 heterocycles. The molecule has 0 saturated carbocycles. The molecule has 1 spiro atoms. The minimum atomic E-state index is -4.34. The topological polar surface area (TPSA) is 32.3 Å². The monoisotopic (exact) mass is 340 g/mol. The van der Waals surface area contributed by atoms with Gasteiger partial charge in [-0.15, -0.1) is 0 Å². The molecule has 0 bridgehead atoms. The van der Waals surface area contributed by atoms with Gasteiger partial charge in [0.1, 0.15) is 0 Å². The zero-order valence-electron chi connectivity index (χ0n) is 14.0. The SMILES string of the molecule is CC(C)N1CC(c2ccc(C(F)(F)F)cc2)C2(CCCNC2)C1=O. The number of nitrogens with one attached hydrogen (secondary N) is 1. The van der Waals surface area contributed by atoms with Gasteiger partial charge >= 0.3 is 6.18 Å². The lowest BCUT2D eigenvalue weighted by atomic mass is 9.69. The van der Waals surface area contributed by atoms with E-state index in [1.54, 1.807) is 12.1 Å². The highest BCUT2D eigenvalue weighted by atomic mass is 19.4. The maximum atomic E-state index is 13.0. The molecule has 6 heteroatoms. The number of likely N-dealkylation sites (tertiary alicyclic amines) is 1. The zero-order chi connectivity index (χ0) is 17.5. The molecule has 132 valence electrons. The van der Waals surface area contributed by atoms with Gasteiger partial charge in [-0.2, -0.15) is 13.2 Å². The molecule has 2 fully saturated rings. The van der Waals surface area contributed by atoms with Gasteiger partial charge in [-0.3, -0.25) is 4.79 Å². The number of hydrogen-bond donors (Lipinski definition) is 1. The Morgan fingerprint density at radius 3 is 2.42 bits per heavy atom. The van der Waals surface area contributed by atoms with Crippen molar-refractivity contribution >= 4 is 5.91 Å². The first kappa shape index (κ1) is 17.3. The molecular weight excluding hydrogens is 317 g/mol. The molecule has 2 atom stereocenters. The lowest BCUT2D eigenvalue weighted by Gasteiger charge is -2.37. The van der Waals surface area contributed by atoms with Crippen LogP contribution in [0.5, 0.6) is 0 Å². The number of rotatable bonds is 2. The molecule has 1 amide bonds. The summed E-state index contributed by atoms with van der Waals surface area (Å²) in [6, 6.07) is 5.43. The molecular formula is C18H23F3N2O. The summed E-state index contributed by atoms with van der Waals surface area (Å²) in [6.45, 7) is 6.02. The molecule has 2 aliphatic heterocycles. The van der Waals surface area contributed by atoms with E-state index in [2.05, 4.69) is 5.32 Å². The first-order valence-electron chi connectivity index (χ1n) is 8.44. The zero-order valence-corrected chi connectivity index (χ0v) is 14.0. The summed E-state index contributed by atoms with van der Waals surface area (Å²) in [5, 5.41) is 3.32. The first-order chi connectivity index (χ1) is 11.3. The van der Waals surface area contributed by atoms with Crippen LogP contribution in [-0.4, -0.2) is 36.5 Å². The molecule has 2 unspecified atom stereocenters. The summed E-state index contributed by atoms with van der Waals surface area (Å²) >= 11 is 0. The number of carbonyl (C=O) groups excluding carboxylic acids is 1. The second-order valence-electron chi connectivity index (χ2n) is 7.16. The highest BCUT2D eigenvalue weighted by Gasteiger charge is 2.55. The average Bonchev–Trinajstić information content (AvgIpc) is 2.81. The van der Waals surface area contributed by atoms with E-state index in [-0.39, 0.29) is 17.9 Å². The highest BCUT2D eigenvalue weighted by molar-refractivity contribution is 5.87. The first-order valence-corrected chi connectivity index (χ1v) is 8.44. The number of hydrogen-bond acceptors (Lipinski definition) is 2. The lowest BCUT2D eigenvalue weighted by Crippen LogP contribution is -2.48. The number of alkyl halides is 3. The Morgan fingerprint density at radius 2 is 1.92 bits per heavy atom. The number of nitrogens with zero attached hydrogens (tertiary/aromatic N) is 1. The Morgan fingerprint density at radius 1 is 1.25 bits per heavy atom. The predicted molar refractivity (Wildman–Crippen MR) is 85.6 cm³/mol. The summed E-state index contributed by atoms with van der Waals surface area (Å²) in [7, 11) is 0. The van der Waals surface area contributed by atoms with Crippen LogP contribution in [0, 0.1) is 5.41 Å². The lowest BCUT2D eigenvalue weighted by molar-refractivity contribution is -0.139. The number of carbonyl (C=O) groups is 1. The van der Waals surface area contributed by atoms with Gasteiger partial charge < -0.3 is 10.2 Å². The third-order valence-corrected chi connectivity index (χ3v) is 5.41. The van der Waals surface area contributed by atoms with Crippen LogP contribution in [-0.2, 0) is 11.0 Å². The molecule has 1 aromatic rings. The smallest absolute Gasteiger partial charge is 0.339 e. The molecule has 0 aromatic heterocycles. The van der Waals surface area contributed by atoms with E-state index in [9.17, 15) is 18.0 Å². The largest absolute Gasteiger partial charge is 0.416 e. The van der Waals surface area contributed by atoms with E-state index < -0.39 is 17.2 Å². The van der Waals surface area contributed by atoms with Crippen molar-refractivity contribution in [1.82, 2.24) is 10.2 Å². The van der Waals surface area contributed by atoms with Crippen LogP contribution in [0.2, 0.25) is 0 Å². The van der Waals surface area contributed by atoms with Crippen molar-refractivity contribution in [2.75, 3.05) is 19.6 Å². The van der Waals surface area contributed by atoms with Gasteiger partial charge in [-0.05, 0) is 50.9 Å². The number of piperidine rings is 1. The van der Waals surface area contributed by atoms with Crippen LogP contribution in [0.15, 0.2) is 24.3 Å². The number of benzene rings is 1. The van der Waals surface area contributed by atoms with Gasteiger partial charge in [0.15, 0.2) is 0 Å². The summed E-state index contributed by atoms with van der Waals surface area (Å²) < 4.78 is 38.4. The van der Waals surface area contributed by atoms with Crippen LogP contribution in [0.25, 0.3) is 0 Å². The van der Waals surface area contributed by atoms with E-state index in [1.807, 2.05) is 18.7 Å².